The predicted octanol–water partition coefficient (Wildman–Crippen LogP) is 1.38. The summed E-state index contributed by atoms with van der Waals surface area (Å²) >= 11 is 0. The molecule has 0 saturated carbocycles. The van der Waals surface area contributed by atoms with Crippen LogP contribution in [0.15, 0.2) is 30.7 Å². The standard InChI is InChI=1S/C16H17N5O/c1-21-8-10(6-12(21)15(17)22)14-13-9(2-4-18-14)7-20-16-11(13)3-5-19-16/h2-5,7,10,12,18H,6,8H2,1H3,(H2,17,22). The highest BCUT2D eigenvalue weighted by molar-refractivity contribution is 6.06. The lowest BCUT2D eigenvalue weighted by molar-refractivity contribution is -0.121. The highest BCUT2D eigenvalue weighted by Gasteiger charge is 2.35. The Hall–Kier alpha value is -2.47. The van der Waals surface area contributed by atoms with Gasteiger partial charge in [-0.05, 0) is 25.6 Å². The van der Waals surface area contributed by atoms with Crippen LogP contribution in [-0.4, -0.2) is 45.4 Å². The fourth-order valence-electron chi connectivity index (χ4n) is 3.56. The zero-order valence-electron chi connectivity index (χ0n) is 12.3. The summed E-state index contributed by atoms with van der Waals surface area (Å²) in [6, 6.07) is 3.80. The molecule has 4 rings (SSSR count). The second-order valence-corrected chi connectivity index (χ2v) is 5.95. The van der Waals surface area contributed by atoms with E-state index in [9.17, 15) is 4.79 Å². The Kier molecular flexibility index (Phi) is 2.87. The molecule has 3 N–H and O–H groups in total. The fraction of sp³-hybridized carbons (Fsp3) is 0.312. The average molecular weight is 295 g/mol. The summed E-state index contributed by atoms with van der Waals surface area (Å²) in [7, 11) is 1.95. The largest absolute Gasteiger partial charge is 0.368 e. The first-order valence-electron chi connectivity index (χ1n) is 7.35. The van der Waals surface area contributed by atoms with Gasteiger partial charge in [-0.15, -0.1) is 0 Å². The Morgan fingerprint density at radius 3 is 3.05 bits per heavy atom. The fourth-order valence-corrected chi connectivity index (χ4v) is 3.56. The van der Waals surface area contributed by atoms with Gasteiger partial charge >= 0.3 is 0 Å². The van der Waals surface area contributed by atoms with Crippen LogP contribution in [0.3, 0.4) is 0 Å². The summed E-state index contributed by atoms with van der Waals surface area (Å²) in [5.41, 5.74) is 7.39. The highest BCUT2D eigenvalue weighted by atomic mass is 16.1. The summed E-state index contributed by atoms with van der Waals surface area (Å²) in [4.78, 5) is 25.7. The lowest BCUT2D eigenvalue weighted by Crippen LogP contribution is -2.37. The van der Waals surface area contributed by atoms with Crippen molar-refractivity contribution in [2.75, 3.05) is 13.6 Å². The van der Waals surface area contributed by atoms with Gasteiger partial charge in [-0.3, -0.25) is 9.69 Å². The molecule has 2 unspecified atom stereocenters. The number of pyridine rings is 2. The van der Waals surface area contributed by atoms with Crippen molar-refractivity contribution in [3.8, 4) is 0 Å². The van der Waals surface area contributed by atoms with Crippen LogP contribution in [0.25, 0.3) is 21.8 Å². The lowest BCUT2D eigenvalue weighted by atomic mass is 9.95. The molecule has 4 heterocycles. The van der Waals surface area contributed by atoms with E-state index in [4.69, 9.17) is 5.73 Å². The third-order valence-electron chi connectivity index (χ3n) is 4.62. The zero-order valence-corrected chi connectivity index (χ0v) is 12.3. The van der Waals surface area contributed by atoms with Crippen LogP contribution in [0.1, 0.15) is 18.0 Å². The summed E-state index contributed by atoms with van der Waals surface area (Å²) in [6.45, 7) is 0.807. The molecule has 1 aliphatic heterocycles. The number of fused-ring (bicyclic) bond motifs is 3. The van der Waals surface area contributed by atoms with Gasteiger partial charge in [0.1, 0.15) is 0 Å². The number of hydrogen-bond acceptors (Lipinski definition) is 4. The van der Waals surface area contributed by atoms with Crippen molar-refractivity contribution in [1.82, 2.24) is 19.9 Å². The maximum Gasteiger partial charge on any atom is 0.234 e. The molecule has 112 valence electrons. The molecule has 1 fully saturated rings. The molecule has 1 saturated heterocycles. The second-order valence-electron chi connectivity index (χ2n) is 5.95. The summed E-state index contributed by atoms with van der Waals surface area (Å²) in [6.07, 6.45) is 6.30. The van der Waals surface area contributed by atoms with E-state index in [1.54, 1.807) is 6.20 Å². The van der Waals surface area contributed by atoms with Crippen LogP contribution in [0.5, 0.6) is 0 Å². The Morgan fingerprint density at radius 2 is 2.27 bits per heavy atom. The molecule has 1 amide bonds. The van der Waals surface area contributed by atoms with Gasteiger partial charge < -0.3 is 10.7 Å². The number of hydrogen-bond donors (Lipinski definition) is 2. The first-order valence-corrected chi connectivity index (χ1v) is 7.35. The molecular formula is C16H17N5O. The number of aromatic amines is 1. The Balaban J connectivity index is 1.89. The molecule has 0 aromatic carbocycles. The number of aromatic nitrogens is 3. The van der Waals surface area contributed by atoms with E-state index in [2.05, 4.69) is 15.0 Å². The number of nitrogens with one attached hydrogen (secondary N) is 1. The molecule has 1 aliphatic rings. The van der Waals surface area contributed by atoms with Crippen molar-refractivity contribution < 1.29 is 4.79 Å². The van der Waals surface area contributed by atoms with Gasteiger partial charge in [-0.2, -0.15) is 0 Å². The van der Waals surface area contributed by atoms with Crippen LogP contribution in [0, 0.1) is 0 Å². The van der Waals surface area contributed by atoms with Gasteiger partial charge in [-0.25, -0.2) is 9.97 Å². The Bertz CT molecular complexity index is 871. The van der Waals surface area contributed by atoms with Gasteiger partial charge in [0.15, 0.2) is 5.65 Å². The van der Waals surface area contributed by atoms with Gasteiger partial charge in [0.25, 0.3) is 0 Å². The van der Waals surface area contributed by atoms with Gasteiger partial charge in [0, 0.05) is 52.9 Å². The number of carbonyl (C=O) groups is 1. The smallest absolute Gasteiger partial charge is 0.234 e. The number of nitrogens with zero attached hydrogens (tertiary/aromatic N) is 3. The number of amides is 1. The van der Waals surface area contributed by atoms with Crippen molar-refractivity contribution in [3.05, 3.63) is 36.4 Å². The van der Waals surface area contributed by atoms with Crippen molar-refractivity contribution in [1.29, 1.82) is 0 Å². The molecular weight excluding hydrogens is 278 g/mol. The van der Waals surface area contributed by atoms with Gasteiger partial charge in [-0.1, -0.05) is 0 Å². The van der Waals surface area contributed by atoms with Gasteiger partial charge in [0.2, 0.25) is 5.91 Å². The van der Waals surface area contributed by atoms with E-state index < -0.39 is 0 Å². The number of likely N-dealkylation sites (tertiary alicyclic amines) is 1. The second kappa shape index (κ2) is 4.78. The third-order valence-corrected chi connectivity index (χ3v) is 4.62. The normalized spacial score (nSPS) is 22.6. The summed E-state index contributed by atoms with van der Waals surface area (Å²) in [5, 5.41) is 3.28. The number of H-pyrrole nitrogens is 1. The number of carbonyl (C=O) groups excluding carboxylic acids is 1. The summed E-state index contributed by atoms with van der Waals surface area (Å²) < 4.78 is 0. The zero-order chi connectivity index (χ0) is 15.3. The lowest BCUT2D eigenvalue weighted by Gasteiger charge is -2.15. The van der Waals surface area contributed by atoms with Crippen molar-refractivity contribution >= 4 is 27.7 Å². The maximum atomic E-state index is 11.6. The minimum Gasteiger partial charge on any atom is -0.368 e. The molecule has 0 radical (unpaired) electrons. The topological polar surface area (TPSA) is 87.9 Å². The first kappa shape index (κ1) is 13.2. The average Bonchev–Trinajstić information content (AvgIpc) is 3.12. The monoisotopic (exact) mass is 295 g/mol. The molecule has 0 spiro atoms. The number of nitrogens with two attached hydrogens (primary N) is 1. The van der Waals surface area contributed by atoms with Crippen LogP contribution in [0.4, 0.5) is 0 Å². The molecule has 3 aromatic heterocycles. The Morgan fingerprint density at radius 1 is 1.41 bits per heavy atom. The molecule has 6 heteroatoms. The van der Waals surface area contributed by atoms with Crippen LogP contribution < -0.4 is 5.73 Å². The number of primary amides is 1. The van der Waals surface area contributed by atoms with E-state index in [0.717, 1.165) is 40.5 Å². The molecule has 22 heavy (non-hydrogen) atoms. The van der Waals surface area contributed by atoms with E-state index in [1.807, 2.05) is 36.5 Å². The quantitative estimate of drug-likeness (QED) is 0.747. The van der Waals surface area contributed by atoms with E-state index in [0.29, 0.717) is 0 Å². The van der Waals surface area contributed by atoms with Gasteiger partial charge in [0.05, 0.1) is 6.04 Å². The minimum atomic E-state index is -0.257. The maximum absolute atomic E-state index is 11.6. The first-order chi connectivity index (χ1) is 10.6. The van der Waals surface area contributed by atoms with Crippen molar-refractivity contribution in [2.45, 2.75) is 18.4 Å². The Labute approximate surface area is 127 Å². The molecule has 3 aromatic rings. The predicted molar refractivity (Wildman–Crippen MR) is 84.4 cm³/mol. The molecule has 0 bridgehead atoms. The van der Waals surface area contributed by atoms with Crippen LogP contribution in [0.2, 0.25) is 0 Å². The SMILES string of the molecule is CN1CC(c2[nH]ccc3cnc4nccc4c23)CC1C(N)=O. The van der Waals surface area contributed by atoms with E-state index >= 15 is 0 Å². The van der Waals surface area contributed by atoms with Crippen LogP contribution in [-0.2, 0) is 4.79 Å². The van der Waals surface area contributed by atoms with E-state index in [1.165, 1.54) is 0 Å². The third kappa shape index (κ3) is 1.88. The number of likely N-dealkylation sites (N-methyl/N-ethyl adjacent to an activating group) is 1. The minimum absolute atomic E-state index is 0.205. The van der Waals surface area contributed by atoms with Crippen LogP contribution >= 0.6 is 0 Å². The molecule has 6 nitrogen and oxygen atoms in total. The van der Waals surface area contributed by atoms with Crippen molar-refractivity contribution in [2.24, 2.45) is 5.73 Å². The molecule has 2 atom stereocenters. The van der Waals surface area contributed by atoms with Crippen molar-refractivity contribution in [3.63, 3.8) is 0 Å². The molecule has 0 aliphatic carbocycles. The summed E-state index contributed by atoms with van der Waals surface area (Å²) in [5.74, 6) is -0.0151. The van der Waals surface area contributed by atoms with E-state index in [-0.39, 0.29) is 17.9 Å². The highest BCUT2D eigenvalue weighted by Crippen LogP contribution is 2.35. The number of rotatable bonds is 2.